The van der Waals surface area contributed by atoms with Crippen LogP contribution >= 0.6 is 0 Å². The van der Waals surface area contributed by atoms with Crippen molar-refractivity contribution in [2.75, 3.05) is 6.54 Å². The molecule has 0 aliphatic rings. The van der Waals surface area contributed by atoms with Gasteiger partial charge in [0, 0.05) is 6.42 Å². The second kappa shape index (κ2) is 9.15. The van der Waals surface area contributed by atoms with Crippen LogP contribution in [0, 0.1) is 0 Å². The summed E-state index contributed by atoms with van der Waals surface area (Å²) in [7, 11) is 0. The highest BCUT2D eigenvalue weighted by Crippen LogP contribution is 2.01. The zero-order chi connectivity index (χ0) is 14.0. The molecule has 0 aliphatic carbocycles. The van der Waals surface area contributed by atoms with Crippen LogP contribution in [0.4, 0.5) is 0 Å². The molecule has 18 heavy (non-hydrogen) atoms. The number of ether oxygens (including phenoxy) is 1. The third kappa shape index (κ3) is 7.37. The molecule has 0 aromatic heterocycles. The average molecular weight is 258 g/mol. The van der Waals surface area contributed by atoms with Crippen molar-refractivity contribution in [3.05, 3.63) is 0 Å². The Morgan fingerprint density at radius 2 is 1.94 bits per heavy atom. The van der Waals surface area contributed by atoms with Crippen LogP contribution in [0.5, 0.6) is 0 Å². The Kier molecular flexibility index (Phi) is 8.17. The van der Waals surface area contributed by atoms with Crippen LogP contribution in [-0.2, 0) is 23.9 Å². The Balaban J connectivity index is 4.37. The summed E-state index contributed by atoms with van der Waals surface area (Å²) in [6.45, 7) is 3.14. The summed E-state index contributed by atoms with van der Waals surface area (Å²) in [6, 6.07) is -0.876. The normalized spacial score (nSPS) is 11.5. The van der Waals surface area contributed by atoms with Crippen molar-refractivity contribution in [3.8, 4) is 0 Å². The van der Waals surface area contributed by atoms with Gasteiger partial charge in [0.1, 0.15) is 12.3 Å². The Bertz CT molecular complexity index is 304. The van der Waals surface area contributed by atoms with Gasteiger partial charge in [-0.05, 0) is 20.3 Å². The molecule has 0 aromatic rings. The van der Waals surface area contributed by atoms with Crippen LogP contribution in [0.1, 0.15) is 26.7 Å². The van der Waals surface area contributed by atoms with Crippen molar-refractivity contribution in [2.45, 2.75) is 38.8 Å². The van der Waals surface area contributed by atoms with Crippen LogP contribution in [0.15, 0.2) is 0 Å². The van der Waals surface area contributed by atoms with Gasteiger partial charge in [0.2, 0.25) is 12.3 Å². The van der Waals surface area contributed by atoms with E-state index in [1.54, 1.807) is 13.8 Å². The molecule has 0 heterocycles. The Hall–Kier alpha value is -1.92. The number of rotatable bonds is 9. The van der Waals surface area contributed by atoms with E-state index in [1.807, 2.05) is 0 Å². The fourth-order valence-electron chi connectivity index (χ4n) is 1.18. The molecule has 0 aromatic carbocycles. The third-order valence-electron chi connectivity index (χ3n) is 1.89. The molecule has 0 radical (unpaired) electrons. The topological polar surface area (TPSA) is 102 Å². The van der Waals surface area contributed by atoms with Gasteiger partial charge in [0.25, 0.3) is 0 Å². The average Bonchev–Trinajstić information content (AvgIpc) is 2.30. The molecule has 1 unspecified atom stereocenters. The second-order valence-electron chi connectivity index (χ2n) is 3.85. The molecular formula is C11H18N2O5. The van der Waals surface area contributed by atoms with E-state index < -0.39 is 17.9 Å². The highest BCUT2D eigenvalue weighted by Gasteiger charge is 2.22. The predicted molar refractivity (Wildman–Crippen MR) is 62.5 cm³/mol. The molecule has 0 aliphatic heterocycles. The fraction of sp³-hybridized carbons (Fsp3) is 0.636. The molecule has 0 bridgehead atoms. The Morgan fingerprint density at radius 3 is 2.44 bits per heavy atom. The van der Waals surface area contributed by atoms with E-state index in [0.717, 1.165) is 0 Å². The smallest absolute Gasteiger partial charge is 0.328 e. The first-order valence-electron chi connectivity index (χ1n) is 5.61. The van der Waals surface area contributed by atoms with Gasteiger partial charge in [-0.25, -0.2) is 4.79 Å². The van der Waals surface area contributed by atoms with E-state index in [1.165, 1.54) is 0 Å². The fourth-order valence-corrected chi connectivity index (χ4v) is 1.18. The van der Waals surface area contributed by atoms with Crippen molar-refractivity contribution >= 4 is 24.6 Å². The maximum Gasteiger partial charge on any atom is 0.328 e. The minimum atomic E-state index is -0.876. The standard InChI is InChI=1S/C11H18N2O5/c1-8(2)18-11(17)9(4-3-5-14)13-10(16)6-12-7-15/h5,7-9H,3-4,6H2,1-2H3,(H,12,15)(H,13,16). The van der Waals surface area contributed by atoms with E-state index in [4.69, 9.17) is 4.74 Å². The number of esters is 1. The van der Waals surface area contributed by atoms with Crippen molar-refractivity contribution in [1.29, 1.82) is 0 Å². The molecule has 2 amide bonds. The summed E-state index contributed by atoms with van der Waals surface area (Å²) in [4.78, 5) is 43.3. The van der Waals surface area contributed by atoms with Crippen LogP contribution in [0.25, 0.3) is 0 Å². The maximum absolute atomic E-state index is 11.6. The SMILES string of the molecule is CC(C)OC(=O)C(CCC=O)NC(=O)CNC=O. The number of aldehydes is 1. The minimum absolute atomic E-state index is 0.138. The molecule has 102 valence electrons. The lowest BCUT2D eigenvalue weighted by Crippen LogP contribution is -2.45. The molecule has 7 nitrogen and oxygen atoms in total. The number of hydrogen-bond donors (Lipinski definition) is 2. The molecular weight excluding hydrogens is 240 g/mol. The van der Waals surface area contributed by atoms with Gasteiger partial charge in [0.15, 0.2) is 0 Å². The summed E-state index contributed by atoms with van der Waals surface area (Å²) in [5.41, 5.74) is 0. The van der Waals surface area contributed by atoms with Gasteiger partial charge in [-0.2, -0.15) is 0 Å². The lowest BCUT2D eigenvalue weighted by molar-refractivity contribution is -0.151. The Morgan fingerprint density at radius 1 is 1.28 bits per heavy atom. The van der Waals surface area contributed by atoms with Crippen LogP contribution in [0.3, 0.4) is 0 Å². The summed E-state index contributed by atoms with van der Waals surface area (Å²) < 4.78 is 4.96. The number of carbonyl (C=O) groups is 4. The van der Waals surface area contributed by atoms with E-state index >= 15 is 0 Å². The van der Waals surface area contributed by atoms with Crippen molar-refractivity contribution in [2.24, 2.45) is 0 Å². The van der Waals surface area contributed by atoms with Crippen molar-refractivity contribution < 1.29 is 23.9 Å². The molecule has 0 spiro atoms. The van der Waals surface area contributed by atoms with Crippen molar-refractivity contribution in [3.63, 3.8) is 0 Å². The van der Waals surface area contributed by atoms with Gasteiger partial charge in [-0.15, -0.1) is 0 Å². The van der Waals surface area contributed by atoms with E-state index in [9.17, 15) is 19.2 Å². The van der Waals surface area contributed by atoms with Gasteiger partial charge in [0.05, 0.1) is 12.6 Å². The zero-order valence-electron chi connectivity index (χ0n) is 10.5. The molecule has 7 heteroatoms. The number of amides is 2. The van der Waals surface area contributed by atoms with E-state index in [0.29, 0.717) is 12.7 Å². The first-order valence-corrected chi connectivity index (χ1v) is 5.61. The monoisotopic (exact) mass is 258 g/mol. The van der Waals surface area contributed by atoms with E-state index in [-0.39, 0.29) is 25.5 Å². The van der Waals surface area contributed by atoms with Gasteiger partial charge >= 0.3 is 5.97 Å². The zero-order valence-corrected chi connectivity index (χ0v) is 10.5. The number of hydrogen-bond acceptors (Lipinski definition) is 5. The van der Waals surface area contributed by atoms with E-state index in [2.05, 4.69) is 10.6 Å². The lowest BCUT2D eigenvalue weighted by atomic mass is 10.1. The summed E-state index contributed by atoms with van der Waals surface area (Å²) in [6.07, 6.45) is 1.04. The summed E-state index contributed by atoms with van der Waals surface area (Å²) >= 11 is 0. The summed E-state index contributed by atoms with van der Waals surface area (Å²) in [5.74, 6) is -1.11. The predicted octanol–water partition coefficient (Wildman–Crippen LogP) is -0.852. The van der Waals surface area contributed by atoms with Crippen LogP contribution < -0.4 is 10.6 Å². The first kappa shape index (κ1) is 16.1. The van der Waals surface area contributed by atoms with Gasteiger partial charge in [-0.3, -0.25) is 9.59 Å². The largest absolute Gasteiger partial charge is 0.461 e. The highest BCUT2D eigenvalue weighted by atomic mass is 16.5. The minimum Gasteiger partial charge on any atom is -0.461 e. The van der Waals surface area contributed by atoms with Crippen LogP contribution in [-0.4, -0.2) is 43.3 Å². The molecule has 0 saturated carbocycles. The third-order valence-corrected chi connectivity index (χ3v) is 1.89. The first-order chi connectivity index (χ1) is 8.51. The second-order valence-corrected chi connectivity index (χ2v) is 3.85. The molecule has 1 atom stereocenters. The molecule has 0 fully saturated rings. The van der Waals surface area contributed by atoms with Crippen molar-refractivity contribution in [1.82, 2.24) is 10.6 Å². The quantitative estimate of drug-likeness (QED) is 0.414. The van der Waals surface area contributed by atoms with Gasteiger partial charge in [-0.1, -0.05) is 0 Å². The number of carbonyl (C=O) groups excluding carboxylic acids is 4. The number of nitrogens with one attached hydrogen (secondary N) is 2. The maximum atomic E-state index is 11.6. The highest BCUT2D eigenvalue weighted by molar-refractivity contribution is 5.86. The Labute approximate surface area is 105 Å². The van der Waals surface area contributed by atoms with Gasteiger partial charge < -0.3 is 20.2 Å². The molecule has 0 rings (SSSR count). The lowest BCUT2D eigenvalue weighted by Gasteiger charge is -2.18. The van der Waals surface area contributed by atoms with Crippen LogP contribution in [0.2, 0.25) is 0 Å². The molecule has 2 N–H and O–H groups in total. The molecule has 0 saturated heterocycles. The summed E-state index contributed by atoms with van der Waals surface area (Å²) in [5, 5.41) is 4.57.